The molecule has 0 amide bonds. The average Bonchev–Trinajstić information content (AvgIpc) is 3.29. The van der Waals surface area contributed by atoms with E-state index in [9.17, 15) is 4.39 Å². The fourth-order valence-corrected chi connectivity index (χ4v) is 3.30. The molecule has 2 aromatic carbocycles. The largest absolute Gasteiger partial charge is 0.444 e. The molecule has 2 heterocycles. The first-order valence-corrected chi connectivity index (χ1v) is 8.97. The highest BCUT2D eigenvalue weighted by atomic mass is 32.2. The first-order valence-electron chi connectivity index (χ1n) is 7.98. The molecule has 0 N–H and O–H groups in total. The van der Waals surface area contributed by atoms with E-state index < -0.39 is 0 Å². The lowest BCUT2D eigenvalue weighted by Crippen LogP contribution is -1.95. The second kappa shape index (κ2) is 7.13. The van der Waals surface area contributed by atoms with Gasteiger partial charge in [-0.25, -0.2) is 9.37 Å². The summed E-state index contributed by atoms with van der Waals surface area (Å²) in [5, 5.41) is 9.18. The molecule has 0 aliphatic heterocycles. The van der Waals surface area contributed by atoms with Crippen LogP contribution >= 0.6 is 11.8 Å². The third-order valence-electron chi connectivity index (χ3n) is 3.86. The minimum Gasteiger partial charge on any atom is -0.444 e. The predicted octanol–water partition coefficient (Wildman–Crippen LogP) is 4.57. The molecule has 0 fully saturated rings. The monoisotopic (exact) mass is 366 g/mol. The molecule has 130 valence electrons. The molecule has 0 atom stereocenters. The minimum atomic E-state index is -0.272. The van der Waals surface area contributed by atoms with Crippen molar-refractivity contribution in [2.24, 2.45) is 7.05 Å². The van der Waals surface area contributed by atoms with Crippen molar-refractivity contribution in [3.63, 3.8) is 0 Å². The van der Waals surface area contributed by atoms with E-state index in [2.05, 4.69) is 15.2 Å². The van der Waals surface area contributed by atoms with Crippen molar-refractivity contribution in [3.05, 3.63) is 72.4 Å². The zero-order chi connectivity index (χ0) is 17.9. The lowest BCUT2D eigenvalue weighted by molar-refractivity contribution is 0.573. The van der Waals surface area contributed by atoms with Crippen LogP contribution in [0.3, 0.4) is 0 Å². The quantitative estimate of drug-likeness (QED) is 0.484. The van der Waals surface area contributed by atoms with Gasteiger partial charge < -0.3 is 8.98 Å². The number of rotatable bonds is 5. The standard InChI is InChI=1S/C19H15FN4OS/c1-24-17(13-7-9-15(20)10-8-13)22-23-19(24)26-12-16-11-25-18(21-16)14-5-3-2-4-6-14/h2-11H,12H2,1H3. The van der Waals surface area contributed by atoms with E-state index >= 15 is 0 Å². The molecule has 0 spiro atoms. The van der Waals surface area contributed by atoms with Crippen molar-refractivity contribution >= 4 is 11.8 Å². The summed E-state index contributed by atoms with van der Waals surface area (Å²) >= 11 is 1.52. The van der Waals surface area contributed by atoms with Crippen LogP contribution in [0.2, 0.25) is 0 Å². The molecule has 0 aliphatic carbocycles. The summed E-state index contributed by atoms with van der Waals surface area (Å²) in [6, 6.07) is 16.0. The normalized spacial score (nSPS) is 11.0. The fourth-order valence-electron chi connectivity index (χ4n) is 2.52. The van der Waals surface area contributed by atoms with Gasteiger partial charge in [-0.15, -0.1) is 10.2 Å². The van der Waals surface area contributed by atoms with Crippen LogP contribution in [0.15, 0.2) is 70.4 Å². The van der Waals surface area contributed by atoms with Crippen LogP contribution in [0.25, 0.3) is 22.8 Å². The molecule has 0 radical (unpaired) electrons. The average molecular weight is 366 g/mol. The van der Waals surface area contributed by atoms with Gasteiger partial charge in [0.2, 0.25) is 5.89 Å². The molecule has 0 aliphatic rings. The molecule has 0 saturated carbocycles. The first kappa shape index (κ1) is 16.5. The molecular formula is C19H15FN4OS. The SMILES string of the molecule is Cn1c(SCc2coc(-c3ccccc3)n2)nnc1-c1ccc(F)cc1. The smallest absolute Gasteiger partial charge is 0.226 e. The molecule has 2 aromatic heterocycles. The zero-order valence-corrected chi connectivity index (χ0v) is 14.8. The zero-order valence-electron chi connectivity index (χ0n) is 14.0. The Kier molecular flexibility index (Phi) is 4.53. The Morgan fingerprint density at radius 3 is 2.54 bits per heavy atom. The van der Waals surface area contributed by atoms with E-state index in [0.29, 0.717) is 17.5 Å². The van der Waals surface area contributed by atoms with E-state index in [0.717, 1.165) is 22.0 Å². The summed E-state index contributed by atoms with van der Waals surface area (Å²) in [4.78, 5) is 4.51. The summed E-state index contributed by atoms with van der Waals surface area (Å²) < 4.78 is 20.5. The Bertz CT molecular complexity index is 1010. The van der Waals surface area contributed by atoms with Gasteiger partial charge in [0.05, 0.1) is 5.69 Å². The van der Waals surface area contributed by atoms with E-state index in [-0.39, 0.29) is 5.82 Å². The maximum Gasteiger partial charge on any atom is 0.226 e. The van der Waals surface area contributed by atoms with Crippen LogP contribution in [0.1, 0.15) is 5.69 Å². The lowest BCUT2D eigenvalue weighted by Gasteiger charge is -2.03. The topological polar surface area (TPSA) is 56.7 Å². The predicted molar refractivity (Wildman–Crippen MR) is 97.9 cm³/mol. The van der Waals surface area contributed by atoms with Crippen molar-refractivity contribution < 1.29 is 8.81 Å². The number of oxazole rings is 1. The van der Waals surface area contributed by atoms with E-state index in [1.165, 1.54) is 23.9 Å². The summed E-state index contributed by atoms with van der Waals surface area (Å²) in [5.74, 6) is 1.64. The Morgan fingerprint density at radius 1 is 1.00 bits per heavy atom. The van der Waals surface area contributed by atoms with Crippen molar-refractivity contribution in [2.45, 2.75) is 10.9 Å². The highest BCUT2D eigenvalue weighted by molar-refractivity contribution is 7.98. The second-order valence-electron chi connectivity index (χ2n) is 5.67. The Balaban J connectivity index is 1.47. The molecule has 0 saturated heterocycles. The molecule has 0 bridgehead atoms. The van der Waals surface area contributed by atoms with Crippen LogP contribution in [0.4, 0.5) is 4.39 Å². The lowest BCUT2D eigenvalue weighted by atomic mass is 10.2. The van der Waals surface area contributed by atoms with Gasteiger partial charge in [-0.3, -0.25) is 0 Å². The molecule has 4 rings (SSSR count). The molecular weight excluding hydrogens is 351 g/mol. The van der Waals surface area contributed by atoms with Gasteiger partial charge in [0.15, 0.2) is 11.0 Å². The minimum absolute atomic E-state index is 0.272. The summed E-state index contributed by atoms with van der Waals surface area (Å²) in [5.41, 5.74) is 2.60. The number of nitrogens with zero attached hydrogens (tertiary/aromatic N) is 4. The number of benzene rings is 2. The van der Waals surface area contributed by atoms with Gasteiger partial charge in [-0.1, -0.05) is 30.0 Å². The number of halogens is 1. The van der Waals surface area contributed by atoms with Crippen LogP contribution in [0.5, 0.6) is 0 Å². The van der Waals surface area contributed by atoms with Gasteiger partial charge in [0.1, 0.15) is 12.1 Å². The van der Waals surface area contributed by atoms with Crippen LogP contribution in [-0.2, 0) is 12.8 Å². The van der Waals surface area contributed by atoms with Crippen molar-refractivity contribution in [2.75, 3.05) is 0 Å². The molecule has 5 nitrogen and oxygen atoms in total. The van der Waals surface area contributed by atoms with Gasteiger partial charge >= 0.3 is 0 Å². The second-order valence-corrected chi connectivity index (χ2v) is 6.61. The number of aromatic nitrogens is 4. The summed E-state index contributed by atoms with van der Waals surface area (Å²) in [6.07, 6.45) is 1.66. The number of thioether (sulfide) groups is 1. The first-order chi connectivity index (χ1) is 12.7. The number of hydrogen-bond acceptors (Lipinski definition) is 5. The summed E-state index contributed by atoms with van der Waals surface area (Å²) in [7, 11) is 1.89. The van der Waals surface area contributed by atoms with Crippen molar-refractivity contribution in [1.29, 1.82) is 0 Å². The number of hydrogen-bond donors (Lipinski definition) is 0. The Labute approximate surface area is 153 Å². The molecule has 7 heteroatoms. The van der Waals surface area contributed by atoms with Crippen LogP contribution in [0, 0.1) is 5.82 Å². The molecule has 0 unspecified atom stereocenters. The van der Waals surface area contributed by atoms with E-state index in [1.807, 2.05) is 41.9 Å². The third kappa shape index (κ3) is 3.39. The maximum atomic E-state index is 13.1. The fraction of sp³-hybridized carbons (Fsp3) is 0.105. The van der Waals surface area contributed by atoms with E-state index in [4.69, 9.17) is 4.42 Å². The molecule has 4 aromatic rings. The Morgan fingerprint density at radius 2 is 1.77 bits per heavy atom. The van der Waals surface area contributed by atoms with Gasteiger partial charge in [-0.2, -0.15) is 0 Å². The van der Waals surface area contributed by atoms with Gasteiger partial charge in [0, 0.05) is 23.9 Å². The molecule has 26 heavy (non-hydrogen) atoms. The van der Waals surface area contributed by atoms with Crippen LogP contribution < -0.4 is 0 Å². The maximum absolute atomic E-state index is 13.1. The third-order valence-corrected chi connectivity index (χ3v) is 4.91. The van der Waals surface area contributed by atoms with Crippen molar-refractivity contribution in [3.8, 4) is 22.8 Å². The van der Waals surface area contributed by atoms with Crippen molar-refractivity contribution in [1.82, 2.24) is 19.7 Å². The van der Waals surface area contributed by atoms with Gasteiger partial charge in [0.25, 0.3) is 0 Å². The van der Waals surface area contributed by atoms with E-state index in [1.54, 1.807) is 18.4 Å². The highest BCUT2D eigenvalue weighted by Gasteiger charge is 2.13. The Hall–Kier alpha value is -2.93. The van der Waals surface area contributed by atoms with Crippen LogP contribution in [-0.4, -0.2) is 19.7 Å². The van der Waals surface area contributed by atoms with Gasteiger partial charge in [-0.05, 0) is 36.4 Å². The highest BCUT2D eigenvalue weighted by Crippen LogP contribution is 2.26. The summed E-state index contributed by atoms with van der Waals surface area (Å²) in [6.45, 7) is 0.